The quantitative estimate of drug-likeness (QED) is 0.787. The lowest BCUT2D eigenvalue weighted by atomic mass is 10.1. The van der Waals surface area contributed by atoms with Crippen LogP contribution in [0.15, 0.2) is 18.2 Å². The number of carbonyl (C=O) groups is 1. The van der Waals surface area contributed by atoms with E-state index in [1.807, 2.05) is 14.1 Å². The maximum Gasteiger partial charge on any atom is 0.251 e. The third-order valence-corrected chi connectivity index (χ3v) is 2.75. The molecule has 0 heterocycles. The topological polar surface area (TPSA) is 32.3 Å². The zero-order valence-corrected chi connectivity index (χ0v) is 11.3. The monoisotopic (exact) mass is 252 g/mol. The van der Waals surface area contributed by atoms with E-state index in [-0.39, 0.29) is 11.7 Å². The van der Waals surface area contributed by atoms with Gasteiger partial charge in [0.1, 0.15) is 5.82 Å². The number of halogens is 1. The van der Waals surface area contributed by atoms with Crippen LogP contribution in [0.25, 0.3) is 0 Å². The Morgan fingerprint density at radius 2 is 2.06 bits per heavy atom. The number of hydrogen-bond acceptors (Lipinski definition) is 2. The minimum atomic E-state index is -0.310. The Kier molecular flexibility index (Phi) is 5.78. The lowest BCUT2D eigenvalue weighted by Crippen LogP contribution is -2.26. The summed E-state index contributed by atoms with van der Waals surface area (Å²) in [6, 6.07) is 4.22. The number of nitrogens with zero attached hydrogens (tertiary/aromatic N) is 1. The molecule has 0 unspecified atom stereocenters. The second-order valence-corrected chi connectivity index (χ2v) is 4.73. The standard InChI is InChI=1S/C14H21FN2O/c1-11-10-12(15)6-7-13(11)14(18)16-8-4-5-9-17(2)3/h6-7,10H,4-5,8-9H2,1-3H3,(H,16,18). The summed E-state index contributed by atoms with van der Waals surface area (Å²) in [6.45, 7) is 3.42. The van der Waals surface area contributed by atoms with Crippen LogP contribution in [-0.4, -0.2) is 38.0 Å². The molecule has 0 radical (unpaired) electrons. The Bertz CT molecular complexity index is 405. The Morgan fingerprint density at radius 1 is 1.33 bits per heavy atom. The molecule has 1 N–H and O–H groups in total. The maximum atomic E-state index is 12.9. The molecule has 0 fully saturated rings. The van der Waals surface area contributed by atoms with Crippen LogP contribution < -0.4 is 5.32 Å². The predicted molar refractivity (Wildman–Crippen MR) is 71.3 cm³/mol. The minimum absolute atomic E-state index is 0.127. The van der Waals surface area contributed by atoms with Crippen molar-refractivity contribution in [1.82, 2.24) is 10.2 Å². The van der Waals surface area contributed by atoms with E-state index in [1.54, 1.807) is 6.92 Å². The van der Waals surface area contributed by atoms with Crippen LogP contribution in [0.5, 0.6) is 0 Å². The fraction of sp³-hybridized carbons (Fsp3) is 0.500. The van der Waals surface area contributed by atoms with Gasteiger partial charge >= 0.3 is 0 Å². The van der Waals surface area contributed by atoms with Gasteiger partial charge in [-0.2, -0.15) is 0 Å². The summed E-state index contributed by atoms with van der Waals surface area (Å²) in [5.74, 6) is -0.438. The van der Waals surface area contributed by atoms with Crippen molar-refractivity contribution in [2.45, 2.75) is 19.8 Å². The highest BCUT2D eigenvalue weighted by molar-refractivity contribution is 5.95. The van der Waals surface area contributed by atoms with Crippen molar-refractivity contribution in [3.63, 3.8) is 0 Å². The van der Waals surface area contributed by atoms with Gasteiger partial charge in [-0.15, -0.1) is 0 Å². The molecular formula is C14H21FN2O. The molecule has 0 atom stereocenters. The van der Waals surface area contributed by atoms with Crippen molar-refractivity contribution in [2.24, 2.45) is 0 Å². The molecule has 0 aromatic heterocycles. The molecular weight excluding hydrogens is 231 g/mol. The van der Waals surface area contributed by atoms with Crippen molar-refractivity contribution in [1.29, 1.82) is 0 Å². The third-order valence-electron chi connectivity index (χ3n) is 2.75. The van der Waals surface area contributed by atoms with E-state index >= 15 is 0 Å². The third kappa shape index (κ3) is 4.84. The van der Waals surface area contributed by atoms with Gasteiger partial charge in [0.15, 0.2) is 0 Å². The first-order valence-corrected chi connectivity index (χ1v) is 6.20. The van der Waals surface area contributed by atoms with Crippen LogP contribution in [0.4, 0.5) is 4.39 Å². The molecule has 0 saturated heterocycles. The van der Waals surface area contributed by atoms with Crippen LogP contribution in [0, 0.1) is 12.7 Å². The molecule has 1 amide bonds. The van der Waals surface area contributed by atoms with Crippen LogP contribution in [0.3, 0.4) is 0 Å². The van der Waals surface area contributed by atoms with Crippen LogP contribution in [-0.2, 0) is 0 Å². The largest absolute Gasteiger partial charge is 0.352 e. The number of hydrogen-bond donors (Lipinski definition) is 1. The summed E-state index contributed by atoms with van der Waals surface area (Å²) >= 11 is 0. The number of unbranched alkanes of at least 4 members (excludes halogenated alkanes) is 1. The van der Waals surface area contributed by atoms with Gasteiger partial charge in [-0.1, -0.05) is 0 Å². The van der Waals surface area contributed by atoms with Crippen molar-refractivity contribution < 1.29 is 9.18 Å². The Morgan fingerprint density at radius 3 is 2.67 bits per heavy atom. The number of nitrogens with one attached hydrogen (secondary N) is 1. The number of aryl methyl sites for hydroxylation is 1. The molecule has 0 aliphatic rings. The van der Waals surface area contributed by atoms with E-state index in [0.717, 1.165) is 19.4 Å². The molecule has 1 rings (SSSR count). The average Bonchev–Trinajstić information content (AvgIpc) is 2.27. The molecule has 1 aromatic rings. The Labute approximate surface area is 108 Å². The Hall–Kier alpha value is -1.42. The second kappa shape index (κ2) is 7.11. The van der Waals surface area contributed by atoms with E-state index in [0.29, 0.717) is 17.7 Å². The van der Waals surface area contributed by atoms with Crippen LogP contribution >= 0.6 is 0 Å². The van der Waals surface area contributed by atoms with E-state index in [1.165, 1.54) is 18.2 Å². The predicted octanol–water partition coefficient (Wildman–Crippen LogP) is 2.21. The zero-order valence-electron chi connectivity index (χ0n) is 11.3. The van der Waals surface area contributed by atoms with E-state index in [9.17, 15) is 9.18 Å². The van der Waals surface area contributed by atoms with Gasteiger partial charge in [0, 0.05) is 12.1 Å². The highest BCUT2D eigenvalue weighted by Crippen LogP contribution is 2.09. The number of benzene rings is 1. The van der Waals surface area contributed by atoms with Crippen molar-refractivity contribution in [3.8, 4) is 0 Å². The SMILES string of the molecule is Cc1cc(F)ccc1C(=O)NCCCCN(C)C. The Balaban J connectivity index is 2.36. The molecule has 1 aromatic carbocycles. The minimum Gasteiger partial charge on any atom is -0.352 e. The van der Waals surface area contributed by atoms with Crippen LogP contribution in [0.2, 0.25) is 0 Å². The first kappa shape index (κ1) is 14.6. The highest BCUT2D eigenvalue weighted by atomic mass is 19.1. The average molecular weight is 252 g/mol. The molecule has 0 spiro atoms. The van der Waals surface area contributed by atoms with Gasteiger partial charge < -0.3 is 10.2 Å². The van der Waals surface area contributed by atoms with Crippen molar-refractivity contribution in [2.75, 3.05) is 27.2 Å². The lowest BCUT2D eigenvalue weighted by molar-refractivity contribution is 0.0952. The maximum absolute atomic E-state index is 12.9. The normalized spacial score (nSPS) is 10.7. The number of carbonyl (C=O) groups excluding carboxylic acids is 1. The summed E-state index contributed by atoms with van der Waals surface area (Å²) < 4.78 is 12.9. The summed E-state index contributed by atoms with van der Waals surface area (Å²) in [5.41, 5.74) is 1.21. The van der Waals surface area contributed by atoms with E-state index in [4.69, 9.17) is 0 Å². The molecule has 100 valence electrons. The van der Waals surface area contributed by atoms with Gasteiger partial charge in [-0.05, 0) is 64.2 Å². The first-order valence-electron chi connectivity index (χ1n) is 6.20. The molecule has 0 saturated carbocycles. The van der Waals surface area contributed by atoms with Gasteiger partial charge in [0.25, 0.3) is 5.91 Å². The summed E-state index contributed by atoms with van der Waals surface area (Å²) in [6.07, 6.45) is 2.00. The smallest absolute Gasteiger partial charge is 0.251 e. The highest BCUT2D eigenvalue weighted by Gasteiger charge is 2.08. The van der Waals surface area contributed by atoms with E-state index in [2.05, 4.69) is 10.2 Å². The summed E-state index contributed by atoms with van der Waals surface area (Å²) in [7, 11) is 4.06. The van der Waals surface area contributed by atoms with Crippen LogP contribution in [0.1, 0.15) is 28.8 Å². The fourth-order valence-electron chi connectivity index (χ4n) is 1.73. The molecule has 18 heavy (non-hydrogen) atoms. The van der Waals surface area contributed by atoms with E-state index < -0.39 is 0 Å². The zero-order chi connectivity index (χ0) is 13.5. The molecule has 4 heteroatoms. The van der Waals surface area contributed by atoms with Crippen molar-refractivity contribution in [3.05, 3.63) is 35.1 Å². The lowest BCUT2D eigenvalue weighted by Gasteiger charge is -2.10. The number of amides is 1. The number of rotatable bonds is 6. The molecule has 3 nitrogen and oxygen atoms in total. The molecule has 0 aliphatic heterocycles. The van der Waals surface area contributed by atoms with Gasteiger partial charge in [0.05, 0.1) is 0 Å². The summed E-state index contributed by atoms with van der Waals surface area (Å²) in [4.78, 5) is 13.9. The fourth-order valence-corrected chi connectivity index (χ4v) is 1.73. The van der Waals surface area contributed by atoms with Gasteiger partial charge in [0.2, 0.25) is 0 Å². The molecule has 0 aliphatic carbocycles. The van der Waals surface area contributed by atoms with Gasteiger partial charge in [-0.3, -0.25) is 4.79 Å². The molecule has 0 bridgehead atoms. The summed E-state index contributed by atoms with van der Waals surface area (Å²) in [5, 5.41) is 2.85. The van der Waals surface area contributed by atoms with Crippen molar-refractivity contribution >= 4 is 5.91 Å². The van der Waals surface area contributed by atoms with Gasteiger partial charge in [-0.25, -0.2) is 4.39 Å². The second-order valence-electron chi connectivity index (χ2n) is 4.73. The first-order chi connectivity index (χ1) is 8.50.